The summed E-state index contributed by atoms with van der Waals surface area (Å²) in [7, 11) is -4.18. The van der Waals surface area contributed by atoms with Crippen LogP contribution >= 0.6 is 11.8 Å². The minimum atomic E-state index is -4.18. The molecule has 1 aliphatic rings. The van der Waals surface area contributed by atoms with Crippen LogP contribution in [0, 0.1) is 12.7 Å². The number of aliphatic carboxylic acids is 1. The number of thioether (sulfide) groups is 1. The van der Waals surface area contributed by atoms with Crippen molar-refractivity contribution < 1.29 is 22.7 Å². The lowest BCUT2D eigenvalue weighted by Crippen LogP contribution is -2.44. The Morgan fingerprint density at radius 3 is 2.75 bits per heavy atom. The molecule has 1 aliphatic heterocycles. The van der Waals surface area contributed by atoms with Gasteiger partial charge in [-0.2, -0.15) is 4.31 Å². The molecule has 0 saturated carbocycles. The summed E-state index contributed by atoms with van der Waals surface area (Å²) < 4.78 is 39.8. The van der Waals surface area contributed by atoms with Crippen molar-refractivity contribution in [3.05, 3.63) is 29.6 Å². The Morgan fingerprint density at radius 1 is 1.50 bits per heavy atom. The molecule has 0 amide bonds. The summed E-state index contributed by atoms with van der Waals surface area (Å²) in [4.78, 5) is 10.7. The number of benzene rings is 1. The van der Waals surface area contributed by atoms with Crippen LogP contribution in [0.3, 0.4) is 0 Å². The molecule has 0 radical (unpaired) electrons. The van der Waals surface area contributed by atoms with E-state index in [-0.39, 0.29) is 5.75 Å². The summed E-state index contributed by atoms with van der Waals surface area (Å²) in [5.74, 6) is -1.94. The van der Waals surface area contributed by atoms with Crippen molar-refractivity contribution in [2.45, 2.75) is 30.2 Å². The highest BCUT2D eigenvalue weighted by Gasteiger charge is 2.45. The van der Waals surface area contributed by atoms with Gasteiger partial charge in [-0.15, -0.1) is 11.8 Å². The number of aryl methyl sites for hydroxylation is 1. The first-order valence-electron chi connectivity index (χ1n) is 5.89. The molecule has 110 valence electrons. The summed E-state index contributed by atoms with van der Waals surface area (Å²) >= 11 is 1.22. The van der Waals surface area contributed by atoms with Crippen LogP contribution in [-0.4, -0.2) is 41.0 Å². The zero-order valence-electron chi connectivity index (χ0n) is 10.9. The Hall–Kier alpha value is -1.12. The Labute approximate surface area is 120 Å². The summed E-state index contributed by atoms with van der Waals surface area (Å²) in [5.41, 5.74) is 0.594. The van der Waals surface area contributed by atoms with E-state index in [1.807, 2.05) is 0 Å². The van der Waals surface area contributed by atoms with E-state index in [1.54, 1.807) is 13.8 Å². The van der Waals surface area contributed by atoms with E-state index in [0.29, 0.717) is 5.56 Å². The van der Waals surface area contributed by atoms with Gasteiger partial charge in [0.25, 0.3) is 0 Å². The van der Waals surface area contributed by atoms with Crippen molar-refractivity contribution in [3.8, 4) is 0 Å². The normalized spacial score (nSPS) is 23.9. The summed E-state index contributed by atoms with van der Waals surface area (Å²) in [6.45, 7) is 3.24. The molecule has 0 bridgehead atoms. The molecule has 0 spiro atoms. The van der Waals surface area contributed by atoms with E-state index < -0.39 is 38.1 Å². The average molecular weight is 319 g/mol. The molecule has 2 atom stereocenters. The van der Waals surface area contributed by atoms with Crippen LogP contribution in [0.25, 0.3) is 0 Å². The lowest BCUT2D eigenvalue weighted by atomic mass is 10.2. The zero-order chi connectivity index (χ0) is 15.1. The Bertz CT molecular complexity index is 647. The van der Waals surface area contributed by atoms with Crippen molar-refractivity contribution in [2.24, 2.45) is 0 Å². The number of halogens is 1. The topological polar surface area (TPSA) is 74.7 Å². The summed E-state index contributed by atoms with van der Waals surface area (Å²) in [6, 6.07) is 2.59. The molecule has 1 heterocycles. The molecule has 2 unspecified atom stereocenters. The standard InChI is InChI=1S/C12H14FNO4S2/c1-7-3-4-9(13)11(5-7)20(17,18)14-8(2)19-6-10(14)12(15)16/h3-5,8,10H,6H2,1-2H3,(H,15,16). The number of hydrogen-bond acceptors (Lipinski definition) is 4. The number of rotatable bonds is 3. The monoisotopic (exact) mass is 319 g/mol. The average Bonchev–Trinajstić information content (AvgIpc) is 2.75. The van der Waals surface area contributed by atoms with Gasteiger partial charge in [0.1, 0.15) is 16.8 Å². The molecule has 0 aliphatic carbocycles. The van der Waals surface area contributed by atoms with E-state index in [1.165, 1.54) is 23.9 Å². The van der Waals surface area contributed by atoms with Crippen molar-refractivity contribution in [3.63, 3.8) is 0 Å². The third kappa shape index (κ3) is 2.55. The first-order chi connectivity index (χ1) is 9.25. The molecule has 1 aromatic rings. The first-order valence-corrected chi connectivity index (χ1v) is 8.38. The van der Waals surface area contributed by atoms with Crippen LogP contribution < -0.4 is 0 Å². The molecular weight excluding hydrogens is 305 g/mol. The second kappa shape index (κ2) is 5.34. The quantitative estimate of drug-likeness (QED) is 0.917. The Balaban J connectivity index is 2.53. The molecule has 1 fully saturated rings. The van der Waals surface area contributed by atoms with Crippen LogP contribution in [0.2, 0.25) is 0 Å². The fourth-order valence-electron chi connectivity index (χ4n) is 2.10. The molecule has 1 N–H and O–H groups in total. The fraction of sp³-hybridized carbons (Fsp3) is 0.417. The predicted molar refractivity (Wildman–Crippen MR) is 73.5 cm³/mol. The van der Waals surface area contributed by atoms with Gasteiger partial charge in [-0.1, -0.05) is 6.07 Å². The number of sulfonamides is 1. The molecule has 1 aromatic carbocycles. The van der Waals surface area contributed by atoms with E-state index in [9.17, 15) is 17.6 Å². The van der Waals surface area contributed by atoms with Crippen LogP contribution in [0.5, 0.6) is 0 Å². The van der Waals surface area contributed by atoms with Gasteiger partial charge in [0.2, 0.25) is 10.0 Å². The lowest BCUT2D eigenvalue weighted by Gasteiger charge is -2.24. The SMILES string of the molecule is Cc1ccc(F)c(S(=O)(=O)N2C(C)SCC2C(=O)O)c1. The largest absolute Gasteiger partial charge is 0.480 e. The lowest BCUT2D eigenvalue weighted by molar-refractivity contribution is -0.140. The minimum absolute atomic E-state index is 0.156. The number of carbonyl (C=O) groups is 1. The van der Waals surface area contributed by atoms with Crippen molar-refractivity contribution in [1.29, 1.82) is 0 Å². The number of nitrogens with zero attached hydrogens (tertiary/aromatic N) is 1. The van der Waals surface area contributed by atoms with Gasteiger partial charge < -0.3 is 5.11 Å². The molecular formula is C12H14FNO4S2. The van der Waals surface area contributed by atoms with Gasteiger partial charge >= 0.3 is 5.97 Å². The minimum Gasteiger partial charge on any atom is -0.480 e. The van der Waals surface area contributed by atoms with Gasteiger partial charge in [0.05, 0.1) is 5.37 Å². The fourth-order valence-corrected chi connectivity index (χ4v) is 5.54. The number of hydrogen-bond donors (Lipinski definition) is 1. The van der Waals surface area contributed by atoms with Gasteiger partial charge in [0, 0.05) is 5.75 Å². The highest BCUT2D eigenvalue weighted by atomic mass is 32.2. The third-order valence-electron chi connectivity index (χ3n) is 3.09. The maximum atomic E-state index is 13.8. The maximum Gasteiger partial charge on any atom is 0.322 e. The smallest absolute Gasteiger partial charge is 0.322 e. The van der Waals surface area contributed by atoms with Crippen LogP contribution in [0.4, 0.5) is 4.39 Å². The third-order valence-corrected chi connectivity index (χ3v) is 6.43. The van der Waals surface area contributed by atoms with Gasteiger partial charge in [-0.25, -0.2) is 12.8 Å². The van der Waals surface area contributed by atoms with E-state index in [2.05, 4.69) is 0 Å². The second-order valence-corrected chi connectivity index (χ2v) is 7.72. The highest BCUT2D eigenvalue weighted by molar-refractivity contribution is 8.01. The first kappa shape index (κ1) is 15.3. The second-order valence-electron chi connectivity index (χ2n) is 4.56. The number of carboxylic acid groups (broad SMARTS) is 1. The number of carboxylic acids is 1. The molecule has 5 nitrogen and oxygen atoms in total. The molecule has 0 aromatic heterocycles. The van der Waals surface area contributed by atoms with Gasteiger partial charge in [-0.05, 0) is 31.5 Å². The van der Waals surface area contributed by atoms with Gasteiger partial charge in [-0.3, -0.25) is 4.79 Å². The highest BCUT2D eigenvalue weighted by Crippen LogP contribution is 2.35. The zero-order valence-corrected chi connectivity index (χ0v) is 12.5. The van der Waals surface area contributed by atoms with Crippen molar-refractivity contribution >= 4 is 27.8 Å². The summed E-state index contributed by atoms with van der Waals surface area (Å²) in [5, 5.41) is 8.58. The molecule has 8 heteroatoms. The molecule has 20 heavy (non-hydrogen) atoms. The maximum absolute atomic E-state index is 13.8. The molecule has 2 rings (SSSR count). The van der Waals surface area contributed by atoms with E-state index >= 15 is 0 Å². The molecule has 1 saturated heterocycles. The van der Waals surface area contributed by atoms with Crippen molar-refractivity contribution in [2.75, 3.05) is 5.75 Å². The Kier molecular flexibility index (Phi) is 4.08. The predicted octanol–water partition coefficient (Wildman–Crippen LogP) is 1.67. The van der Waals surface area contributed by atoms with E-state index in [4.69, 9.17) is 5.11 Å². The van der Waals surface area contributed by atoms with Crippen LogP contribution in [-0.2, 0) is 14.8 Å². The van der Waals surface area contributed by atoms with Gasteiger partial charge in [0.15, 0.2) is 0 Å². The van der Waals surface area contributed by atoms with Crippen molar-refractivity contribution in [1.82, 2.24) is 4.31 Å². The summed E-state index contributed by atoms with van der Waals surface area (Å²) in [6.07, 6.45) is 0. The van der Waals surface area contributed by atoms with Crippen LogP contribution in [0.1, 0.15) is 12.5 Å². The Morgan fingerprint density at radius 2 is 2.15 bits per heavy atom. The van der Waals surface area contributed by atoms with Crippen LogP contribution in [0.15, 0.2) is 23.1 Å². The van der Waals surface area contributed by atoms with E-state index in [0.717, 1.165) is 10.4 Å².